The van der Waals surface area contributed by atoms with Crippen LogP contribution in [0, 0.1) is 0 Å². The van der Waals surface area contributed by atoms with Crippen molar-refractivity contribution < 1.29 is 15.3 Å². The molecule has 0 aromatic rings. The molecule has 106 valence electrons. The van der Waals surface area contributed by atoms with Crippen molar-refractivity contribution in [2.24, 2.45) is 11.5 Å². The van der Waals surface area contributed by atoms with Crippen molar-refractivity contribution in [3.05, 3.63) is 0 Å². The van der Waals surface area contributed by atoms with Gasteiger partial charge in [0.1, 0.15) is 0 Å². The van der Waals surface area contributed by atoms with Gasteiger partial charge in [0.25, 0.3) is 0 Å². The summed E-state index contributed by atoms with van der Waals surface area (Å²) in [5, 5.41) is 28.5. The zero-order chi connectivity index (χ0) is 13.4. The standard InChI is InChI=1S/C6H15NO3.C4H13N3/c8-4-1-7(2-5-9)3-6-10;5-1-3-7-4-2-6/h8-10H,1-6H2;7H,1-6H2. The molecule has 0 aliphatic rings. The second-order valence-electron chi connectivity index (χ2n) is 3.34. The SMILES string of the molecule is NCCNCCN.OCCN(CCO)CCO. The smallest absolute Gasteiger partial charge is 0.0558 e. The highest BCUT2D eigenvalue weighted by molar-refractivity contribution is 4.54. The van der Waals surface area contributed by atoms with Gasteiger partial charge < -0.3 is 32.1 Å². The summed E-state index contributed by atoms with van der Waals surface area (Å²) in [6.45, 7) is 4.89. The monoisotopic (exact) mass is 252 g/mol. The highest BCUT2D eigenvalue weighted by Gasteiger charge is 2.00. The van der Waals surface area contributed by atoms with Crippen molar-refractivity contribution >= 4 is 0 Å². The van der Waals surface area contributed by atoms with E-state index < -0.39 is 0 Å². The van der Waals surface area contributed by atoms with Crippen LogP contribution in [0.2, 0.25) is 0 Å². The Kier molecular flexibility index (Phi) is 20.3. The van der Waals surface area contributed by atoms with Crippen molar-refractivity contribution in [1.82, 2.24) is 10.2 Å². The summed E-state index contributed by atoms with van der Waals surface area (Å²) in [6.07, 6.45) is 0. The average Bonchev–Trinajstić information content (AvgIpc) is 2.32. The Labute approximate surface area is 103 Å². The van der Waals surface area contributed by atoms with Gasteiger partial charge in [-0.2, -0.15) is 0 Å². The second-order valence-corrected chi connectivity index (χ2v) is 3.34. The van der Waals surface area contributed by atoms with E-state index in [4.69, 9.17) is 26.8 Å². The zero-order valence-corrected chi connectivity index (χ0v) is 10.5. The summed E-state index contributed by atoms with van der Waals surface area (Å²) >= 11 is 0. The third-order valence-corrected chi connectivity index (χ3v) is 1.89. The van der Waals surface area contributed by atoms with E-state index in [1.165, 1.54) is 0 Å². The normalized spacial score (nSPS) is 10.2. The molecule has 0 unspecified atom stereocenters. The summed E-state index contributed by atoms with van der Waals surface area (Å²) in [7, 11) is 0. The summed E-state index contributed by atoms with van der Waals surface area (Å²) < 4.78 is 0. The lowest BCUT2D eigenvalue weighted by Crippen LogP contribution is -2.32. The molecule has 0 rings (SSSR count). The van der Waals surface area contributed by atoms with E-state index in [0.717, 1.165) is 13.1 Å². The number of aliphatic hydroxyl groups is 3. The fourth-order valence-electron chi connectivity index (χ4n) is 1.09. The molecular weight excluding hydrogens is 224 g/mol. The Morgan fingerprint density at radius 3 is 1.35 bits per heavy atom. The topological polar surface area (TPSA) is 128 Å². The minimum Gasteiger partial charge on any atom is -0.395 e. The van der Waals surface area contributed by atoms with Gasteiger partial charge in [0, 0.05) is 45.8 Å². The van der Waals surface area contributed by atoms with E-state index in [9.17, 15) is 0 Å². The molecule has 17 heavy (non-hydrogen) atoms. The van der Waals surface area contributed by atoms with Crippen LogP contribution in [0.1, 0.15) is 0 Å². The van der Waals surface area contributed by atoms with Gasteiger partial charge in [-0.05, 0) is 0 Å². The van der Waals surface area contributed by atoms with Gasteiger partial charge in [-0.1, -0.05) is 0 Å². The van der Waals surface area contributed by atoms with E-state index in [1.807, 2.05) is 0 Å². The molecule has 8 N–H and O–H groups in total. The third-order valence-electron chi connectivity index (χ3n) is 1.89. The Bertz CT molecular complexity index is 112. The number of hydrogen-bond acceptors (Lipinski definition) is 7. The predicted molar refractivity (Wildman–Crippen MR) is 68.7 cm³/mol. The second kappa shape index (κ2) is 18.1. The maximum Gasteiger partial charge on any atom is 0.0558 e. The van der Waals surface area contributed by atoms with Crippen LogP contribution in [-0.2, 0) is 0 Å². The van der Waals surface area contributed by atoms with Crippen LogP contribution >= 0.6 is 0 Å². The number of hydrogen-bond donors (Lipinski definition) is 6. The van der Waals surface area contributed by atoms with Crippen LogP contribution in [-0.4, -0.2) is 85.9 Å². The molecule has 0 aliphatic carbocycles. The number of nitrogens with one attached hydrogen (secondary N) is 1. The lowest BCUT2D eigenvalue weighted by Gasteiger charge is -2.17. The average molecular weight is 252 g/mol. The van der Waals surface area contributed by atoms with Crippen LogP contribution in [0.25, 0.3) is 0 Å². The first-order valence-electron chi connectivity index (χ1n) is 5.92. The van der Waals surface area contributed by atoms with E-state index in [0.29, 0.717) is 32.7 Å². The molecule has 0 aromatic heterocycles. The van der Waals surface area contributed by atoms with Crippen molar-refractivity contribution in [2.75, 3.05) is 65.6 Å². The number of aliphatic hydroxyl groups excluding tert-OH is 3. The highest BCUT2D eigenvalue weighted by Crippen LogP contribution is 1.84. The van der Waals surface area contributed by atoms with Crippen LogP contribution in [0.5, 0.6) is 0 Å². The molecule has 7 heteroatoms. The molecule has 0 fully saturated rings. The molecule has 0 amide bonds. The fraction of sp³-hybridized carbons (Fsp3) is 1.00. The number of nitrogens with two attached hydrogens (primary N) is 2. The molecule has 0 radical (unpaired) electrons. The van der Waals surface area contributed by atoms with Gasteiger partial charge in [0.05, 0.1) is 19.8 Å². The largest absolute Gasteiger partial charge is 0.395 e. The van der Waals surface area contributed by atoms with Gasteiger partial charge >= 0.3 is 0 Å². The molecule has 0 spiro atoms. The molecule has 0 bridgehead atoms. The van der Waals surface area contributed by atoms with Crippen molar-refractivity contribution in [3.63, 3.8) is 0 Å². The van der Waals surface area contributed by atoms with E-state index in [1.54, 1.807) is 4.90 Å². The third kappa shape index (κ3) is 18.3. The Balaban J connectivity index is 0. The molecular formula is C10H28N4O3. The lowest BCUT2D eigenvalue weighted by molar-refractivity contribution is 0.136. The van der Waals surface area contributed by atoms with Crippen molar-refractivity contribution in [3.8, 4) is 0 Å². The van der Waals surface area contributed by atoms with Crippen LogP contribution in [0.15, 0.2) is 0 Å². The van der Waals surface area contributed by atoms with Crippen molar-refractivity contribution in [1.29, 1.82) is 0 Å². The van der Waals surface area contributed by atoms with Crippen LogP contribution in [0.4, 0.5) is 0 Å². The lowest BCUT2D eigenvalue weighted by atomic mass is 10.4. The molecule has 0 atom stereocenters. The number of rotatable bonds is 10. The fourth-order valence-corrected chi connectivity index (χ4v) is 1.09. The Morgan fingerprint density at radius 2 is 1.12 bits per heavy atom. The predicted octanol–water partition coefficient (Wildman–Crippen LogP) is -3.24. The minimum atomic E-state index is 0.0694. The zero-order valence-electron chi connectivity index (χ0n) is 10.5. The molecule has 0 aliphatic heterocycles. The Morgan fingerprint density at radius 1 is 0.765 bits per heavy atom. The molecule has 0 saturated heterocycles. The quantitative estimate of drug-likeness (QED) is 0.225. The Hall–Kier alpha value is -0.280. The van der Waals surface area contributed by atoms with Gasteiger partial charge in [0.2, 0.25) is 0 Å². The van der Waals surface area contributed by atoms with E-state index in [2.05, 4.69) is 5.32 Å². The molecule has 7 nitrogen and oxygen atoms in total. The summed E-state index contributed by atoms with van der Waals surface area (Å²) in [4.78, 5) is 1.79. The summed E-state index contributed by atoms with van der Waals surface area (Å²) in [5.41, 5.74) is 10.3. The maximum absolute atomic E-state index is 8.48. The minimum absolute atomic E-state index is 0.0694. The van der Waals surface area contributed by atoms with Crippen LogP contribution in [0.3, 0.4) is 0 Å². The first-order valence-corrected chi connectivity index (χ1v) is 5.92. The van der Waals surface area contributed by atoms with E-state index >= 15 is 0 Å². The first-order chi connectivity index (χ1) is 8.26. The summed E-state index contributed by atoms with van der Waals surface area (Å²) in [5.74, 6) is 0. The molecule has 0 aromatic carbocycles. The van der Waals surface area contributed by atoms with Crippen molar-refractivity contribution in [2.45, 2.75) is 0 Å². The van der Waals surface area contributed by atoms with Gasteiger partial charge in [-0.15, -0.1) is 0 Å². The van der Waals surface area contributed by atoms with Gasteiger partial charge in [0.15, 0.2) is 0 Å². The molecule has 0 saturated carbocycles. The number of nitrogens with zero attached hydrogens (tertiary/aromatic N) is 1. The summed E-state index contributed by atoms with van der Waals surface area (Å²) in [6, 6.07) is 0. The molecule has 0 heterocycles. The van der Waals surface area contributed by atoms with Gasteiger partial charge in [-0.25, -0.2) is 0 Å². The highest BCUT2D eigenvalue weighted by atomic mass is 16.3. The van der Waals surface area contributed by atoms with E-state index in [-0.39, 0.29) is 19.8 Å². The van der Waals surface area contributed by atoms with Crippen LogP contribution < -0.4 is 16.8 Å². The first kappa shape index (κ1) is 19.1. The van der Waals surface area contributed by atoms with Gasteiger partial charge in [-0.3, -0.25) is 4.90 Å². The maximum atomic E-state index is 8.48.